The molecule has 1 heterocycles. The summed E-state index contributed by atoms with van der Waals surface area (Å²) in [4.78, 5) is 3.78. The van der Waals surface area contributed by atoms with Crippen molar-refractivity contribution in [2.24, 2.45) is 16.5 Å². The van der Waals surface area contributed by atoms with E-state index in [9.17, 15) is 0 Å². The second-order valence-electron chi connectivity index (χ2n) is 1.99. The van der Waals surface area contributed by atoms with E-state index in [2.05, 4.69) is 15.6 Å². The Bertz CT molecular complexity index is 131. The fraction of sp³-hybridized carbons (Fsp3) is 0.750. The molecule has 0 aromatic carbocycles. The number of guanidine groups is 1. The standard InChI is InChI=1S/C4H11N5/c1-2-7-3(5)9-4(6)8-2/h2-3,7H,5H2,1H3,(H3,6,8,9). The van der Waals surface area contributed by atoms with Crippen molar-refractivity contribution >= 4 is 5.96 Å². The van der Waals surface area contributed by atoms with Crippen molar-refractivity contribution in [3.05, 3.63) is 0 Å². The van der Waals surface area contributed by atoms with Crippen molar-refractivity contribution in [2.45, 2.75) is 19.4 Å². The maximum absolute atomic E-state index is 5.40. The molecule has 5 heteroatoms. The zero-order valence-corrected chi connectivity index (χ0v) is 5.26. The number of rotatable bonds is 0. The van der Waals surface area contributed by atoms with Gasteiger partial charge in [-0.3, -0.25) is 11.1 Å². The fourth-order valence-corrected chi connectivity index (χ4v) is 0.744. The van der Waals surface area contributed by atoms with E-state index in [4.69, 9.17) is 11.5 Å². The van der Waals surface area contributed by atoms with Crippen LogP contribution in [0, 0.1) is 0 Å². The second-order valence-corrected chi connectivity index (χ2v) is 1.99. The Morgan fingerprint density at radius 2 is 2.33 bits per heavy atom. The van der Waals surface area contributed by atoms with Crippen molar-refractivity contribution in [1.29, 1.82) is 0 Å². The normalized spacial score (nSPS) is 35.1. The highest BCUT2D eigenvalue weighted by Gasteiger charge is 2.11. The van der Waals surface area contributed by atoms with E-state index in [1.165, 1.54) is 0 Å². The maximum Gasteiger partial charge on any atom is 0.192 e. The van der Waals surface area contributed by atoms with Crippen molar-refractivity contribution in [1.82, 2.24) is 10.6 Å². The van der Waals surface area contributed by atoms with E-state index in [1.54, 1.807) is 0 Å². The minimum Gasteiger partial charge on any atom is -0.370 e. The van der Waals surface area contributed by atoms with E-state index < -0.39 is 0 Å². The molecule has 0 radical (unpaired) electrons. The van der Waals surface area contributed by atoms with Crippen LogP contribution in [0.1, 0.15) is 6.92 Å². The highest BCUT2D eigenvalue weighted by Crippen LogP contribution is 1.85. The largest absolute Gasteiger partial charge is 0.370 e. The summed E-state index contributed by atoms with van der Waals surface area (Å²) in [6.45, 7) is 1.92. The molecule has 0 fully saturated rings. The number of nitrogens with zero attached hydrogens (tertiary/aromatic N) is 1. The highest BCUT2D eigenvalue weighted by molar-refractivity contribution is 5.78. The van der Waals surface area contributed by atoms with Gasteiger partial charge in [-0.15, -0.1) is 0 Å². The highest BCUT2D eigenvalue weighted by atomic mass is 15.3. The van der Waals surface area contributed by atoms with E-state index in [0.717, 1.165) is 0 Å². The Morgan fingerprint density at radius 3 is 2.78 bits per heavy atom. The molecule has 0 spiro atoms. The van der Waals surface area contributed by atoms with Crippen LogP contribution < -0.4 is 22.1 Å². The van der Waals surface area contributed by atoms with Gasteiger partial charge in [0.2, 0.25) is 0 Å². The molecule has 0 saturated heterocycles. The van der Waals surface area contributed by atoms with Crippen LogP contribution >= 0.6 is 0 Å². The minimum atomic E-state index is -0.360. The Labute approximate surface area is 53.5 Å². The van der Waals surface area contributed by atoms with Gasteiger partial charge in [0.25, 0.3) is 0 Å². The molecule has 0 aromatic rings. The van der Waals surface area contributed by atoms with E-state index >= 15 is 0 Å². The molecule has 0 bridgehead atoms. The van der Waals surface area contributed by atoms with Crippen LogP contribution in [-0.4, -0.2) is 18.4 Å². The fourth-order valence-electron chi connectivity index (χ4n) is 0.744. The number of nitrogens with two attached hydrogens (primary N) is 2. The van der Waals surface area contributed by atoms with Gasteiger partial charge < -0.3 is 11.1 Å². The first-order chi connectivity index (χ1) is 4.18. The van der Waals surface area contributed by atoms with Gasteiger partial charge in [-0.1, -0.05) is 0 Å². The zero-order chi connectivity index (χ0) is 6.85. The average molecular weight is 129 g/mol. The Balaban J connectivity index is 2.56. The monoisotopic (exact) mass is 129 g/mol. The lowest BCUT2D eigenvalue weighted by molar-refractivity contribution is 0.418. The number of hydrogen-bond donors (Lipinski definition) is 4. The third-order valence-electron chi connectivity index (χ3n) is 1.06. The molecule has 2 atom stereocenters. The topological polar surface area (TPSA) is 88.5 Å². The van der Waals surface area contributed by atoms with Crippen LogP contribution in [-0.2, 0) is 0 Å². The first kappa shape index (κ1) is 6.31. The van der Waals surface area contributed by atoms with Crippen LogP contribution in [0.15, 0.2) is 4.99 Å². The van der Waals surface area contributed by atoms with E-state index in [-0.39, 0.29) is 12.5 Å². The summed E-state index contributed by atoms with van der Waals surface area (Å²) >= 11 is 0. The number of nitrogens with one attached hydrogen (secondary N) is 2. The summed E-state index contributed by atoms with van der Waals surface area (Å²) in [6, 6.07) is 0. The summed E-state index contributed by atoms with van der Waals surface area (Å²) in [5.74, 6) is 0.397. The van der Waals surface area contributed by atoms with Crippen molar-refractivity contribution in [3.63, 3.8) is 0 Å². The summed E-state index contributed by atoms with van der Waals surface area (Å²) < 4.78 is 0. The second kappa shape index (κ2) is 2.20. The molecular formula is C4H11N5. The first-order valence-corrected chi connectivity index (χ1v) is 2.80. The quantitative estimate of drug-likeness (QED) is 0.307. The Morgan fingerprint density at radius 1 is 1.67 bits per heavy atom. The predicted octanol–water partition coefficient (Wildman–Crippen LogP) is -1.92. The van der Waals surface area contributed by atoms with Gasteiger partial charge in [0.15, 0.2) is 12.2 Å². The van der Waals surface area contributed by atoms with Crippen LogP contribution in [0.2, 0.25) is 0 Å². The van der Waals surface area contributed by atoms with Gasteiger partial charge >= 0.3 is 0 Å². The molecule has 52 valence electrons. The molecule has 5 nitrogen and oxygen atoms in total. The average Bonchev–Trinajstić information content (AvgIpc) is 1.59. The molecule has 0 aromatic heterocycles. The van der Waals surface area contributed by atoms with Gasteiger partial charge in [0.05, 0.1) is 6.17 Å². The molecule has 9 heavy (non-hydrogen) atoms. The molecule has 0 saturated carbocycles. The number of aliphatic imine (C=N–C) groups is 1. The van der Waals surface area contributed by atoms with Crippen LogP contribution in [0.25, 0.3) is 0 Å². The van der Waals surface area contributed by atoms with Crippen molar-refractivity contribution in [3.8, 4) is 0 Å². The predicted molar refractivity (Wildman–Crippen MR) is 35.3 cm³/mol. The summed E-state index contributed by atoms with van der Waals surface area (Å²) in [6.07, 6.45) is -0.251. The Kier molecular flexibility index (Phi) is 1.54. The summed E-state index contributed by atoms with van der Waals surface area (Å²) in [5, 5.41) is 5.76. The van der Waals surface area contributed by atoms with Crippen molar-refractivity contribution < 1.29 is 0 Å². The van der Waals surface area contributed by atoms with Gasteiger partial charge in [-0.2, -0.15) is 0 Å². The van der Waals surface area contributed by atoms with E-state index in [0.29, 0.717) is 5.96 Å². The van der Waals surface area contributed by atoms with E-state index in [1.807, 2.05) is 6.92 Å². The van der Waals surface area contributed by atoms with Crippen molar-refractivity contribution in [2.75, 3.05) is 0 Å². The van der Waals surface area contributed by atoms with Crippen LogP contribution in [0.4, 0.5) is 0 Å². The lowest BCUT2D eigenvalue weighted by Gasteiger charge is -2.24. The molecule has 2 unspecified atom stereocenters. The molecule has 0 amide bonds. The summed E-state index contributed by atoms with van der Waals surface area (Å²) in [7, 11) is 0. The molecule has 1 aliphatic rings. The molecule has 1 aliphatic heterocycles. The van der Waals surface area contributed by atoms with Crippen LogP contribution in [0.5, 0.6) is 0 Å². The lowest BCUT2D eigenvalue weighted by atomic mass is 10.5. The molecular weight excluding hydrogens is 118 g/mol. The lowest BCUT2D eigenvalue weighted by Crippen LogP contribution is -2.57. The first-order valence-electron chi connectivity index (χ1n) is 2.80. The third-order valence-corrected chi connectivity index (χ3v) is 1.06. The summed E-state index contributed by atoms with van der Waals surface area (Å²) in [5.41, 5.74) is 10.7. The Hall–Kier alpha value is -0.810. The maximum atomic E-state index is 5.40. The molecule has 6 N–H and O–H groups in total. The molecule has 1 rings (SSSR count). The third kappa shape index (κ3) is 1.55. The smallest absolute Gasteiger partial charge is 0.192 e. The van der Waals surface area contributed by atoms with Gasteiger partial charge in [0.1, 0.15) is 0 Å². The van der Waals surface area contributed by atoms with Gasteiger partial charge in [-0.25, -0.2) is 4.99 Å². The SMILES string of the molecule is CC1NC(N)=NC(N)N1. The van der Waals surface area contributed by atoms with Crippen LogP contribution in [0.3, 0.4) is 0 Å². The zero-order valence-electron chi connectivity index (χ0n) is 5.26. The minimum absolute atomic E-state index is 0.109. The van der Waals surface area contributed by atoms with Gasteiger partial charge in [-0.05, 0) is 6.92 Å². The number of hydrogen-bond acceptors (Lipinski definition) is 5. The van der Waals surface area contributed by atoms with Gasteiger partial charge in [0, 0.05) is 0 Å². The molecule has 0 aliphatic carbocycles.